The van der Waals surface area contributed by atoms with E-state index in [-0.39, 0.29) is 17.3 Å². The minimum absolute atomic E-state index is 0.0612. The maximum Gasteiger partial charge on any atom is 0.264 e. The van der Waals surface area contributed by atoms with Gasteiger partial charge in [0.25, 0.3) is 10.0 Å². The van der Waals surface area contributed by atoms with E-state index in [2.05, 4.69) is 5.32 Å². The van der Waals surface area contributed by atoms with Gasteiger partial charge in [-0.25, -0.2) is 8.42 Å². The van der Waals surface area contributed by atoms with Crippen molar-refractivity contribution in [3.05, 3.63) is 95.0 Å². The number of nitrogens with one attached hydrogen (secondary N) is 1. The number of amides is 2. The molecule has 3 rings (SSSR count). The summed E-state index contributed by atoms with van der Waals surface area (Å²) in [6.07, 6.45) is 2.13. The average Bonchev–Trinajstić information content (AvgIpc) is 2.93. The van der Waals surface area contributed by atoms with Gasteiger partial charge in [-0.2, -0.15) is 0 Å². The Bertz CT molecular complexity index is 1350. The minimum Gasteiger partial charge on any atom is -0.354 e. The normalized spacial score (nSPS) is 12.0. The number of rotatable bonds is 13. The molecule has 39 heavy (non-hydrogen) atoms. The van der Waals surface area contributed by atoms with E-state index in [0.29, 0.717) is 29.2 Å². The first kappa shape index (κ1) is 30.2. The lowest BCUT2D eigenvalue weighted by Gasteiger charge is -2.33. The third kappa shape index (κ3) is 7.83. The largest absolute Gasteiger partial charge is 0.354 e. The summed E-state index contributed by atoms with van der Waals surface area (Å²) < 4.78 is 28.9. The minimum atomic E-state index is -4.12. The first-order valence-electron chi connectivity index (χ1n) is 13.1. The monoisotopic (exact) mass is 569 g/mol. The molecule has 1 atom stereocenters. The molecule has 0 aromatic heterocycles. The molecule has 0 fully saturated rings. The summed E-state index contributed by atoms with van der Waals surface area (Å²) in [5, 5.41) is 3.39. The molecule has 0 saturated heterocycles. The lowest BCUT2D eigenvalue weighted by Crippen LogP contribution is -2.52. The Morgan fingerprint density at radius 1 is 0.949 bits per heavy atom. The molecule has 0 aliphatic rings. The van der Waals surface area contributed by atoms with Crippen molar-refractivity contribution in [2.75, 3.05) is 17.4 Å². The first-order valence-corrected chi connectivity index (χ1v) is 15.0. The number of hydrogen-bond acceptors (Lipinski definition) is 4. The zero-order valence-electron chi connectivity index (χ0n) is 22.6. The molecule has 9 heteroatoms. The molecular formula is C30H36ClN3O4S. The van der Waals surface area contributed by atoms with Gasteiger partial charge in [-0.3, -0.25) is 13.9 Å². The first-order chi connectivity index (χ1) is 18.7. The number of aryl methyl sites for hydroxylation is 1. The number of nitrogens with zero attached hydrogens (tertiary/aromatic N) is 2. The molecule has 2 amide bonds. The van der Waals surface area contributed by atoms with E-state index in [1.54, 1.807) is 43.3 Å². The van der Waals surface area contributed by atoms with Gasteiger partial charge in [0.1, 0.15) is 12.6 Å². The summed E-state index contributed by atoms with van der Waals surface area (Å²) in [6, 6.07) is 21.4. The van der Waals surface area contributed by atoms with E-state index in [1.165, 1.54) is 17.0 Å². The summed E-state index contributed by atoms with van der Waals surface area (Å²) in [5.41, 5.74) is 1.79. The number of carbonyl (C=O) groups is 2. The average molecular weight is 570 g/mol. The summed E-state index contributed by atoms with van der Waals surface area (Å²) >= 11 is 6.16. The maximum atomic E-state index is 14.0. The number of unbranched alkanes of at least 4 members (excludes halogenated alkanes) is 1. The predicted molar refractivity (Wildman–Crippen MR) is 156 cm³/mol. The summed E-state index contributed by atoms with van der Waals surface area (Å²) in [7, 11) is -4.12. The zero-order valence-corrected chi connectivity index (χ0v) is 24.2. The number of carbonyl (C=O) groups excluding carboxylic acids is 2. The van der Waals surface area contributed by atoms with Crippen molar-refractivity contribution in [1.82, 2.24) is 10.2 Å². The van der Waals surface area contributed by atoms with Crippen LogP contribution in [-0.2, 0) is 26.2 Å². The molecule has 0 bridgehead atoms. The third-order valence-electron chi connectivity index (χ3n) is 6.45. The number of halogens is 1. The van der Waals surface area contributed by atoms with Crippen molar-refractivity contribution in [1.29, 1.82) is 0 Å². The van der Waals surface area contributed by atoms with E-state index in [0.717, 1.165) is 22.7 Å². The van der Waals surface area contributed by atoms with Crippen LogP contribution >= 0.6 is 11.6 Å². The summed E-state index contributed by atoms with van der Waals surface area (Å²) in [6.45, 7) is 5.82. The van der Waals surface area contributed by atoms with E-state index >= 15 is 0 Å². The lowest BCUT2D eigenvalue weighted by molar-refractivity contribution is -0.140. The molecule has 0 aliphatic carbocycles. The fourth-order valence-electron chi connectivity index (χ4n) is 4.34. The van der Waals surface area contributed by atoms with Gasteiger partial charge in [0.15, 0.2) is 0 Å². The van der Waals surface area contributed by atoms with E-state index in [1.807, 2.05) is 44.2 Å². The van der Waals surface area contributed by atoms with Gasteiger partial charge >= 0.3 is 0 Å². The predicted octanol–water partition coefficient (Wildman–Crippen LogP) is 5.57. The maximum absolute atomic E-state index is 14.0. The highest BCUT2D eigenvalue weighted by Gasteiger charge is 2.34. The molecule has 0 aliphatic heterocycles. The Balaban J connectivity index is 2.04. The van der Waals surface area contributed by atoms with Crippen molar-refractivity contribution in [3.63, 3.8) is 0 Å². The van der Waals surface area contributed by atoms with Gasteiger partial charge in [-0.1, -0.05) is 80.4 Å². The Morgan fingerprint density at radius 3 is 2.18 bits per heavy atom. The fraction of sp³-hybridized carbons (Fsp3) is 0.333. The molecule has 7 nitrogen and oxygen atoms in total. The standard InChI is InChI=1S/C30H36ClN3O4S/c1-4-6-19-32-30(36)27(5-2)33(21-24-13-9-7-10-14-24)29(35)22-34(28-18-17-25(31)20-23(28)3)39(37,38)26-15-11-8-12-16-26/h7-18,20,27H,4-6,19,21-22H2,1-3H3,(H,32,36)/t27-/m1/s1. The molecule has 0 spiro atoms. The number of hydrogen-bond donors (Lipinski definition) is 1. The van der Waals surface area contributed by atoms with Crippen molar-refractivity contribution in [3.8, 4) is 0 Å². The second kappa shape index (κ2) is 14.1. The van der Waals surface area contributed by atoms with Crippen LogP contribution in [0.4, 0.5) is 5.69 Å². The van der Waals surface area contributed by atoms with Crippen LogP contribution in [0.25, 0.3) is 0 Å². The number of benzene rings is 3. The topological polar surface area (TPSA) is 86.8 Å². The SMILES string of the molecule is CCCCNC(=O)[C@@H](CC)N(Cc1ccccc1)C(=O)CN(c1ccc(Cl)cc1C)S(=O)(=O)c1ccccc1. The van der Waals surface area contributed by atoms with Gasteiger partial charge in [0.05, 0.1) is 10.6 Å². The van der Waals surface area contributed by atoms with Gasteiger partial charge in [0, 0.05) is 18.1 Å². The second-order valence-corrected chi connectivity index (χ2v) is 11.6. The van der Waals surface area contributed by atoms with Crippen LogP contribution in [0.15, 0.2) is 83.8 Å². The van der Waals surface area contributed by atoms with Gasteiger partial charge in [-0.05, 0) is 61.2 Å². The Kier molecular flexibility index (Phi) is 10.9. The highest BCUT2D eigenvalue weighted by atomic mass is 35.5. The van der Waals surface area contributed by atoms with Gasteiger partial charge in [0.2, 0.25) is 11.8 Å². The highest BCUT2D eigenvalue weighted by Crippen LogP contribution is 2.29. The molecule has 0 heterocycles. The van der Waals surface area contributed by atoms with E-state index in [9.17, 15) is 18.0 Å². The van der Waals surface area contributed by atoms with E-state index < -0.39 is 28.5 Å². The lowest BCUT2D eigenvalue weighted by atomic mass is 10.1. The fourth-order valence-corrected chi connectivity index (χ4v) is 6.06. The van der Waals surface area contributed by atoms with Crippen molar-refractivity contribution in [2.24, 2.45) is 0 Å². The number of sulfonamides is 1. The van der Waals surface area contributed by atoms with Crippen LogP contribution in [0, 0.1) is 6.92 Å². The zero-order chi connectivity index (χ0) is 28.4. The van der Waals surface area contributed by atoms with Crippen molar-refractivity contribution < 1.29 is 18.0 Å². The Hall–Kier alpha value is -3.36. The van der Waals surface area contributed by atoms with Crippen LogP contribution in [0.1, 0.15) is 44.2 Å². The van der Waals surface area contributed by atoms with Crippen LogP contribution in [0.2, 0.25) is 5.02 Å². The highest BCUT2D eigenvalue weighted by molar-refractivity contribution is 7.92. The molecular weight excluding hydrogens is 534 g/mol. The summed E-state index contributed by atoms with van der Waals surface area (Å²) in [5.74, 6) is -0.736. The van der Waals surface area contributed by atoms with Crippen LogP contribution in [-0.4, -0.2) is 44.3 Å². The molecule has 0 unspecified atom stereocenters. The Labute approximate surface area is 236 Å². The van der Waals surface area contributed by atoms with Crippen LogP contribution < -0.4 is 9.62 Å². The molecule has 0 radical (unpaired) electrons. The van der Waals surface area contributed by atoms with Crippen LogP contribution in [0.3, 0.4) is 0 Å². The third-order valence-corrected chi connectivity index (χ3v) is 8.46. The van der Waals surface area contributed by atoms with E-state index in [4.69, 9.17) is 11.6 Å². The second-order valence-electron chi connectivity index (χ2n) is 9.33. The quantitative estimate of drug-likeness (QED) is 0.273. The molecule has 1 N–H and O–H groups in total. The van der Waals surface area contributed by atoms with Crippen molar-refractivity contribution in [2.45, 2.75) is 57.5 Å². The molecule has 0 saturated carbocycles. The molecule has 3 aromatic carbocycles. The molecule has 3 aromatic rings. The summed E-state index contributed by atoms with van der Waals surface area (Å²) in [4.78, 5) is 28.8. The van der Waals surface area contributed by atoms with Crippen molar-refractivity contribution >= 4 is 39.1 Å². The Morgan fingerprint density at radius 2 is 1.59 bits per heavy atom. The van der Waals surface area contributed by atoms with Crippen LogP contribution in [0.5, 0.6) is 0 Å². The van der Waals surface area contributed by atoms with Gasteiger partial charge < -0.3 is 10.2 Å². The smallest absolute Gasteiger partial charge is 0.264 e. The number of anilines is 1. The molecule has 208 valence electrons. The van der Waals surface area contributed by atoms with Gasteiger partial charge in [-0.15, -0.1) is 0 Å².